The zero-order valence-corrected chi connectivity index (χ0v) is 11.6. The minimum absolute atomic E-state index is 0.138. The number of aromatic nitrogens is 5. The Morgan fingerprint density at radius 1 is 1.50 bits per heavy atom. The van der Waals surface area contributed by atoms with Crippen LogP contribution < -0.4 is 5.56 Å². The molecule has 0 fully saturated rings. The lowest BCUT2D eigenvalue weighted by Gasteiger charge is -2.10. The summed E-state index contributed by atoms with van der Waals surface area (Å²) in [7, 11) is 1.85. The first-order valence-corrected chi connectivity index (χ1v) is 6.80. The Labute approximate surface area is 118 Å². The SMILES string of the molecule is Cn1cnnc1CCn1ccc(=O)nc1SCC(=O)O. The molecule has 20 heavy (non-hydrogen) atoms. The van der Waals surface area contributed by atoms with E-state index in [1.807, 2.05) is 7.05 Å². The highest BCUT2D eigenvalue weighted by atomic mass is 32.2. The van der Waals surface area contributed by atoms with Crippen LogP contribution in [-0.4, -0.2) is 41.1 Å². The van der Waals surface area contributed by atoms with Crippen LogP contribution in [-0.2, 0) is 24.8 Å². The van der Waals surface area contributed by atoms with Crippen molar-refractivity contribution in [1.82, 2.24) is 24.3 Å². The molecule has 2 aromatic rings. The Balaban J connectivity index is 2.12. The van der Waals surface area contributed by atoms with E-state index in [4.69, 9.17) is 5.11 Å². The van der Waals surface area contributed by atoms with Crippen LogP contribution in [0.25, 0.3) is 0 Å². The number of aliphatic carboxylic acids is 1. The molecule has 2 aromatic heterocycles. The molecule has 8 nitrogen and oxygen atoms in total. The molecule has 0 aliphatic carbocycles. The van der Waals surface area contributed by atoms with Crippen LogP contribution in [0, 0.1) is 0 Å². The van der Waals surface area contributed by atoms with Gasteiger partial charge in [-0.05, 0) is 0 Å². The Kier molecular flexibility index (Phi) is 4.51. The average Bonchev–Trinajstić information content (AvgIpc) is 2.81. The van der Waals surface area contributed by atoms with Gasteiger partial charge in [0.25, 0.3) is 5.56 Å². The quantitative estimate of drug-likeness (QED) is 0.581. The highest BCUT2D eigenvalue weighted by molar-refractivity contribution is 7.99. The number of hydrogen-bond donors (Lipinski definition) is 1. The highest BCUT2D eigenvalue weighted by Crippen LogP contribution is 2.13. The zero-order chi connectivity index (χ0) is 14.5. The van der Waals surface area contributed by atoms with E-state index in [1.54, 1.807) is 21.7 Å². The summed E-state index contributed by atoms with van der Waals surface area (Å²) < 4.78 is 3.55. The van der Waals surface area contributed by atoms with Gasteiger partial charge in [0.1, 0.15) is 12.2 Å². The van der Waals surface area contributed by atoms with Crippen molar-refractivity contribution >= 4 is 17.7 Å². The molecule has 0 spiro atoms. The maximum absolute atomic E-state index is 11.3. The Morgan fingerprint density at radius 2 is 2.30 bits per heavy atom. The molecule has 0 saturated heterocycles. The number of thioether (sulfide) groups is 1. The van der Waals surface area contributed by atoms with Gasteiger partial charge in [0, 0.05) is 32.3 Å². The smallest absolute Gasteiger partial charge is 0.313 e. The molecule has 0 bridgehead atoms. The lowest BCUT2D eigenvalue weighted by Crippen LogP contribution is -2.16. The van der Waals surface area contributed by atoms with Crippen molar-refractivity contribution in [3.05, 3.63) is 34.8 Å². The van der Waals surface area contributed by atoms with Gasteiger partial charge in [-0.3, -0.25) is 9.59 Å². The zero-order valence-electron chi connectivity index (χ0n) is 10.8. The summed E-state index contributed by atoms with van der Waals surface area (Å²) in [6.07, 6.45) is 3.83. The van der Waals surface area contributed by atoms with E-state index >= 15 is 0 Å². The highest BCUT2D eigenvalue weighted by Gasteiger charge is 2.08. The van der Waals surface area contributed by atoms with Crippen LogP contribution >= 0.6 is 11.8 Å². The molecule has 1 N–H and O–H groups in total. The topological polar surface area (TPSA) is 103 Å². The van der Waals surface area contributed by atoms with Crippen molar-refractivity contribution in [2.24, 2.45) is 7.05 Å². The molecular formula is C11H13N5O3S. The second-order valence-electron chi connectivity index (χ2n) is 4.03. The fourth-order valence-electron chi connectivity index (χ4n) is 1.58. The van der Waals surface area contributed by atoms with Crippen molar-refractivity contribution in [2.75, 3.05) is 5.75 Å². The largest absolute Gasteiger partial charge is 0.481 e. The second kappa shape index (κ2) is 6.33. The molecule has 0 unspecified atom stereocenters. The maximum Gasteiger partial charge on any atom is 0.313 e. The number of carboxylic acids is 1. The van der Waals surface area contributed by atoms with Crippen molar-refractivity contribution in [3.8, 4) is 0 Å². The molecule has 2 rings (SSSR count). The summed E-state index contributed by atoms with van der Waals surface area (Å²) in [6.45, 7) is 0.543. The summed E-state index contributed by atoms with van der Waals surface area (Å²) in [4.78, 5) is 25.7. The Bertz CT molecular complexity index is 666. The van der Waals surface area contributed by atoms with E-state index in [1.165, 1.54) is 6.07 Å². The van der Waals surface area contributed by atoms with Crippen molar-refractivity contribution < 1.29 is 9.90 Å². The van der Waals surface area contributed by atoms with Gasteiger partial charge in [0.05, 0.1) is 5.75 Å². The fourth-order valence-corrected chi connectivity index (χ4v) is 2.30. The number of carboxylic acid groups (broad SMARTS) is 1. The van der Waals surface area contributed by atoms with Gasteiger partial charge >= 0.3 is 5.97 Å². The van der Waals surface area contributed by atoms with E-state index in [0.717, 1.165) is 17.6 Å². The maximum atomic E-state index is 11.3. The monoisotopic (exact) mass is 295 g/mol. The van der Waals surface area contributed by atoms with Crippen LogP contribution in [0.1, 0.15) is 5.82 Å². The molecule has 0 radical (unpaired) electrons. The predicted octanol–water partition coefficient (Wildman–Crippen LogP) is -0.209. The standard InChI is InChI=1S/C11H13N5O3S/c1-15-7-12-14-8(15)2-4-16-5-3-9(17)13-11(16)20-6-10(18)19/h3,5,7H,2,4,6H2,1H3,(H,18,19). The number of nitrogens with zero attached hydrogens (tertiary/aromatic N) is 5. The van der Waals surface area contributed by atoms with Crippen molar-refractivity contribution in [3.63, 3.8) is 0 Å². The van der Waals surface area contributed by atoms with Gasteiger partial charge in [-0.1, -0.05) is 11.8 Å². The van der Waals surface area contributed by atoms with Crippen LogP contribution in [0.5, 0.6) is 0 Å². The first kappa shape index (κ1) is 14.3. The van der Waals surface area contributed by atoms with Gasteiger partial charge < -0.3 is 14.2 Å². The number of carbonyl (C=O) groups is 1. The minimum Gasteiger partial charge on any atom is -0.481 e. The molecule has 106 valence electrons. The fraction of sp³-hybridized carbons (Fsp3) is 0.364. The van der Waals surface area contributed by atoms with Gasteiger partial charge in [0.2, 0.25) is 0 Å². The molecule has 0 aromatic carbocycles. The molecule has 0 saturated carbocycles. The third-order valence-electron chi connectivity index (χ3n) is 2.55. The first-order valence-electron chi connectivity index (χ1n) is 5.81. The number of rotatable bonds is 6. The molecule has 0 atom stereocenters. The van der Waals surface area contributed by atoms with E-state index < -0.39 is 5.97 Å². The van der Waals surface area contributed by atoms with Crippen LogP contribution in [0.2, 0.25) is 0 Å². The van der Waals surface area contributed by atoms with E-state index in [0.29, 0.717) is 18.1 Å². The normalized spacial score (nSPS) is 10.7. The number of hydrogen-bond acceptors (Lipinski definition) is 6. The van der Waals surface area contributed by atoms with E-state index in [2.05, 4.69) is 15.2 Å². The third kappa shape index (κ3) is 3.67. The summed E-state index contributed by atoms with van der Waals surface area (Å²) in [5, 5.41) is 16.8. The summed E-state index contributed by atoms with van der Waals surface area (Å²) in [5.74, 6) is -0.286. The summed E-state index contributed by atoms with van der Waals surface area (Å²) in [6, 6.07) is 1.35. The van der Waals surface area contributed by atoms with Gasteiger partial charge in [-0.25, -0.2) is 0 Å². The number of aryl methyl sites for hydroxylation is 3. The van der Waals surface area contributed by atoms with Gasteiger partial charge in [-0.2, -0.15) is 4.98 Å². The predicted molar refractivity (Wildman–Crippen MR) is 71.6 cm³/mol. The Hall–Kier alpha value is -2.16. The lowest BCUT2D eigenvalue weighted by atomic mass is 10.4. The first-order chi connectivity index (χ1) is 9.56. The molecule has 0 aliphatic heterocycles. The summed E-state index contributed by atoms with van der Waals surface area (Å²) in [5.41, 5.74) is -0.382. The van der Waals surface area contributed by atoms with E-state index in [9.17, 15) is 9.59 Å². The van der Waals surface area contributed by atoms with Gasteiger partial charge in [0.15, 0.2) is 5.16 Å². The molecule has 9 heteroatoms. The van der Waals surface area contributed by atoms with E-state index in [-0.39, 0.29) is 11.3 Å². The molecular weight excluding hydrogens is 282 g/mol. The van der Waals surface area contributed by atoms with Crippen LogP contribution in [0.15, 0.2) is 28.5 Å². The average molecular weight is 295 g/mol. The lowest BCUT2D eigenvalue weighted by molar-refractivity contribution is -0.133. The molecule has 0 aliphatic rings. The Morgan fingerprint density at radius 3 is 2.95 bits per heavy atom. The van der Waals surface area contributed by atoms with Crippen molar-refractivity contribution in [1.29, 1.82) is 0 Å². The summed E-state index contributed by atoms with van der Waals surface area (Å²) >= 11 is 1.02. The molecule has 0 amide bonds. The molecule has 2 heterocycles. The third-order valence-corrected chi connectivity index (χ3v) is 3.53. The van der Waals surface area contributed by atoms with Crippen LogP contribution in [0.4, 0.5) is 0 Å². The van der Waals surface area contributed by atoms with Gasteiger partial charge in [-0.15, -0.1) is 10.2 Å². The van der Waals surface area contributed by atoms with Crippen molar-refractivity contribution in [2.45, 2.75) is 18.1 Å². The van der Waals surface area contributed by atoms with Crippen LogP contribution in [0.3, 0.4) is 0 Å². The minimum atomic E-state index is -0.951. The second-order valence-corrected chi connectivity index (χ2v) is 4.97.